The summed E-state index contributed by atoms with van der Waals surface area (Å²) in [4.78, 5) is 0. The van der Waals surface area contributed by atoms with E-state index >= 15 is 0 Å². The van der Waals surface area contributed by atoms with Crippen LogP contribution in [0.3, 0.4) is 0 Å². The zero-order valence-corrected chi connectivity index (χ0v) is 12.2. The van der Waals surface area contributed by atoms with Crippen molar-refractivity contribution < 1.29 is 0 Å². The monoisotopic (exact) mass is 245 g/mol. The van der Waals surface area contributed by atoms with Crippen molar-refractivity contribution in [3.8, 4) is 0 Å². The normalized spacial score (nSPS) is 12.6. The second kappa shape index (κ2) is 6.75. The second-order valence-corrected chi connectivity index (χ2v) is 6.27. The summed E-state index contributed by atoms with van der Waals surface area (Å²) in [6, 6.07) is 8.85. The Bertz CT molecular complexity index is 366. The lowest BCUT2D eigenvalue weighted by atomic mass is 9.99. The molecule has 1 aromatic rings. The number of hydrogen-bond acceptors (Lipinski definition) is 1. The zero-order valence-electron chi connectivity index (χ0n) is 12.2. The van der Waals surface area contributed by atoms with Gasteiger partial charge in [0.1, 0.15) is 0 Å². The van der Waals surface area contributed by atoms with E-state index in [0.717, 1.165) is 25.2 Å². The summed E-state index contributed by atoms with van der Waals surface area (Å²) in [5, 5.41) is 0. The third-order valence-electron chi connectivity index (χ3n) is 2.89. The van der Waals surface area contributed by atoms with E-state index in [1.165, 1.54) is 11.1 Å². The number of allylic oxidation sites excluding steroid dienone is 1. The molecule has 1 rings (SSSR count). The highest BCUT2D eigenvalue weighted by molar-refractivity contribution is 5.49. The number of hydrogen-bond donors (Lipinski definition) is 1. The summed E-state index contributed by atoms with van der Waals surface area (Å²) in [5.41, 5.74) is 8.58. The van der Waals surface area contributed by atoms with E-state index < -0.39 is 0 Å². The highest BCUT2D eigenvalue weighted by atomic mass is 14.7. The van der Waals surface area contributed by atoms with Gasteiger partial charge in [0.15, 0.2) is 0 Å². The van der Waals surface area contributed by atoms with Gasteiger partial charge in [-0.25, -0.2) is 0 Å². The van der Waals surface area contributed by atoms with E-state index in [1.54, 1.807) is 0 Å². The van der Waals surface area contributed by atoms with Crippen LogP contribution in [0.2, 0.25) is 0 Å². The van der Waals surface area contributed by atoms with Crippen LogP contribution in [-0.2, 0) is 6.42 Å². The first-order chi connectivity index (χ1) is 8.37. The molecule has 1 aromatic carbocycles. The fourth-order valence-electron chi connectivity index (χ4n) is 1.91. The molecule has 2 N–H and O–H groups in total. The smallest absolute Gasteiger partial charge is 0.01000 e. The van der Waals surface area contributed by atoms with Gasteiger partial charge in [-0.2, -0.15) is 0 Å². The molecule has 0 bridgehead atoms. The Hall–Kier alpha value is -1.08. The highest BCUT2D eigenvalue weighted by Crippen LogP contribution is 2.12. The maximum atomic E-state index is 5.95. The average Bonchev–Trinajstić information content (AvgIpc) is 2.24. The van der Waals surface area contributed by atoms with Crippen LogP contribution in [0.25, 0.3) is 6.08 Å². The molecular weight excluding hydrogens is 218 g/mol. The summed E-state index contributed by atoms with van der Waals surface area (Å²) in [5.74, 6) is 0.721. The molecule has 0 radical (unpaired) electrons. The van der Waals surface area contributed by atoms with Crippen LogP contribution >= 0.6 is 0 Å². The van der Waals surface area contributed by atoms with Crippen LogP contribution in [0.5, 0.6) is 0 Å². The predicted molar refractivity (Wildman–Crippen MR) is 81.5 cm³/mol. The molecular formula is C17H27N. The predicted octanol–water partition coefficient (Wildman–Crippen LogP) is 4.42. The summed E-state index contributed by atoms with van der Waals surface area (Å²) in [6.45, 7) is 8.65. The molecule has 0 amide bonds. The lowest BCUT2D eigenvalue weighted by molar-refractivity contribution is 0.482. The Morgan fingerprint density at radius 3 is 2.28 bits per heavy atom. The van der Waals surface area contributed by atoms with Crippen LogP contribution in [-0.4, -0.2) is 5.54 Å². The zero-order chi connectivity index (χ0) is 13.6. The highest BCUT2D eigenvalue weighted by Gasteiger charge is 2.07. The molecule has 0 unspecified atom stereocenters. The molecule has 0 saturated heterocycles. The molecule has 0 aliphatic carbocycles. The minimum Gasteiger partial charge on any atom is -0.326 e. The summed E-state index contributed by atoms with van der Waals surface area (Å²) < 4.78 is 0. The first-order valence-electron chi connectivity index (χ1n) is 6.91. The average molecular weight is 245 g/mol. The maximum absolute atomic E-state index is 5.95. The van der Waals surface area contributed by atoms with Crippen LogP contribution in [0.1, 0.15) is 51.7 Å². The van der Waals surface area contributed by atoms with Crippen molar-refractivity contribution in [2.45, 2.75) is 52.5 Å². The van der Waals surface area contributed by atoms with Crippen molar-refractivity contribution in [3.05, 3.63) is 41.5 Å². The first-order valence-corrected chi connectivity index (χ1v) is 6.91. The molecule has 0 fully saturated rings. The third-order valence-corrected chi connectivity index (χ3v) is 2.89. The molecule has 100 valence electrons. The molecule has 1 nitrogen and oxygen atoms in total. The van der Waals surface area contributed by atoms with Gasteiger partial charge in [-0.05, 0) is 50.2 Å². The maximum Gasteiger partial charge on any atom is 0.01000 e. The lowest BCUT2D eigenvalue weighted by Crippen LogP contribution is -2.31. The molecule has 0 aliphatic rings. The Kier molecular flexibility index (Phi) is 5.61. The SMILES string of the molecule is CC(C)Cc1ccc(/C=C/CCC(C)(C)N)cc1. The fourth-order valence-corrected chi connectivity index (χ4v) is 1.91. The van der Waals surface area contributed by atoms with Crippen molar-refractivity contribution in [3.63, 3.8) is 0 Å². The molecule has 0 aliphatic heterocycles. The van der Waals surface area contributed by atoms with Gasteiger partial charge >= 0.3 is 0 Å². The Balaban J connectivity index is 2.46. The van der Waals surface area contributed by atoms with Crippen molar-refractivity contribution in [2.24, 2.45) is 11.7 Å². The molecule has 0 aromatic heterocycles. The fraction of sp³-hybridized carbons (Fsp3) is 0.529. The van der Waals surface area contributed by atoms with Gasteiger partial charge < -0.3 is 5.73 Å². The van der Waals surface area contributed by atoms with Crippen molar-refractivity contribution in [1.82, 2.24) is 0 Å². The summed E-state index contributed by atoms with van der Waals surface area (Å²) in [7, 11) is 0. The van der Waals surface area contributed by atoms with Crippen molar-refractivity contribution >= 4 is 6.08 Å². The first kappa shape index (κ1) is 15.0. The number of benzene rings is 1. The van der Waals surface area contributed by atoms with Gasteiger partial charge in [0, 0.05) is 5.54 Å². The van der Waals surface area contributed by atoms with E-state index in [1.807, 2.05) is 0 Å². The topological polar surface area (TPSA) is 26.0 Å². The van der Waals surface area contributed by atoms with Crippen LogP contribution in [0.4, 0.5) is 0 Å². The van der Waals surface area contributed by atoms with Gasteiger partial charge in [0.05, 0.1) is 0 Å². The van der Waals surface area contributed by atoms with E-state index in [2.05, 4.69) is 64.1 Å². The van der Waals surface area contributed by atoms with Gasteiger partial charge in [-0.15, -0.1) is 0 Å². The van der Waals surface area contributed by atoms with E-state index in [9.17, 15) is 0 Å². The minimum atomic E-state index is -0.0640. The van der Waals surface area contributed by atoms with Gasteiger partial charge in [-0.3, -0.25) is 0 Å². The Labute approximate surface area is 112 Å². The van der Waals surface area contributed by atoms with Gasteiger partial charge in [0.25, 0.3) is 0 Å². The van der Waals surface area contributed by atoms with Crippen LogP contribution in [0, 0.1) is 5.92 Å². The van der Waals surface area contributed by atoms with Crippen molar-refractivity contribution in [1.29, 1.82) is 0 Å². The van der Waals surface area contributed by atoms with E-state index in [-0.39, 0.29) is 5.54 Å². The molecule has 0 saturated carbocycles. The second-order valence-electron chi connectivity index (χ2n) is 6.27. The van der Waals surface area contributed by atoms with Crippen molar-refractivity contribution in [2.75, 3.05) is 0 Å². The number of rotatable bonds is 6. The summed E-state index contributed by atoms with van der Waals surface area (Å²) >= 11 is 0. The standard InChI is InChI=1S/C17H27N/c1-14(2)13-16-10-8-15(9-11-16)7-5-6-12-17(3,4)18/h5,7-11,14H,6,12-13,18H2,1-4H3/b7-5+. The third kappa shape index (κ3) is 6.61. The molecule has 1 heteroatoms. The molecule has 18 heavy (non-hydrogen) atoms. The lowest BCUT2D eigenvalue weighted by Gasteiger charge is -2.16. The minimum absolute atomic E-state index is 0.0640. The van der Waals surface area contributed by atoms with Crippen LogP contribution in [0.15, 0.2) is 30.3 Å². The van der Waals surface area contributed by atoms with E-state index in [0.29, 0.717) is 0 Å². The number of nitrogens with two attached hydrogens (primary N) is 1. The largest absolute Gasteiger partial charge is 0.326 e. The van der Waals surface area contributed by atoms with Gasteiger partial charge in [0.2, 0.25) is 0 Å². The Morgan fingerprint density at radius 2 is 1.78 bits per heavy atom. The molecule has 0 atom stereocenters. The van der Waals surface area contributed by atoms with E-state index in [4.69, 9.17) is 5.73 Å². The van der Waals surface area contributed by atoms with Gasteiger partial charge in [-0.1, -0.05) is 50.3 Å². The quantitative estimate of drug-likeness (QED) is 0.789. The molecule has 0 heterocycles. The van der Waals surface area contributed by atoms with Crippen LogP contribution < -0.4 is 5.73 Å². The Morgan fingerprint density at radius 1 is 1.17 bits per heavy atom. The summed E-state index contributed by atoms with van der Waals surface area (Å²) in [6.07, 6.45) is 7.62. The molecule has 0 spiro atoms.